The van der Waals surface area contributed by atoms with E-state index in [9.17, 15) is 4.79 Å². The molecule has 1 N–H and O–H groups in total. The minimum absolute atomic E-state index is 0.0311. The second-order valence-electron chi connectivity index (χ2n) is 7.22. The molecular formula is C16H21ClN2OS. The molecule has 1 amide bonds. The molecule has 3 nitrogen and oxygen atoms in total. The number of nitrogens with one attached hydrogen (secondary N) is 1. The monoisotopic (exact) mass is 324 g/mol. The van der Waals surface area contributed by atoms with Crippen molar-refractivity contribution < 1.29 is 4.79 Å². The van der Waals surface area contributed by atoms with Gasteiger partial charge in [-0.2, -0.15) is 0 Å². The van der Waals surface area contributed by atoms with Crippen LogP contribution in [-0.2, 0) is 10.2 Å². The third-order valence-electron chi connectivity index (χ3n) is 5.65. The number of anilines is 1. The van der Waals surface area contributed by atoms with E-state index in [-0.39, 0.29) is 5.91 Å². The first-order valence-corrected chi connectivity index (χ1v) is 9.40. The molecule has 1 aromatic heterocycles. The van der Waals surface area contributed by atoms with E-state index in [4.69, 9.17) is 16.6 Å². The smallest absolute Gasteiger partial charge is 0.227 e. The van der Waals surface area contributed by atoms with Crippen LogP contribution in [-0.4, -0.2) is 16.8 Å². The van der Waals surface area contributed by atoms with Gasteiger partial charge in [-0.25, -0.2) is 4.98 Å². The van der Waals surface area contributed by atoms with Gasteiger partial charge in [-0.1, -0.05) is 0 Å². The largest absolute Gasteiger partial charge is 0.302 e. The van der Waals surface area contributed by atoms with Crippen LogP contribution in [0.3, 0.4) is 0 Å². The lowest BCUT2D eigenvalue weighted by Crippen LogP contribution is -2.48. The Labute approximate surface area is 134 Å². The minimum atomic E-state index is -0.0311. The highest BCUT2D eigenvalue weighted by Crippen LogP contribution is 2.60. The normalized spacial score (nSPS) is 36.9. The Morgan fingerprint density at radius 1 is 1.29 bits per heavy atom. The predicted molar refractivity (Wildman–Crippen MR) is 85.9 cm³/mol. The summed E-state index contributed by atoms with van der Waals surface area (Å²) < 4.78 is 0. The van der Waals surface area contributed by atoms with Gasteiger partial charge in [-0.05, 0) is 56.3 Å². The molecular weight excluding hydrogens is 304 g/mol. The zero-order valence-electron chi connectivity index (χ0n) is 12.1. The molecule has 4 aliphatic rings. The summed E-state index contributed by atoms with van der Waals surface area (Å²) in [5, 5.41) is 5.81. The molecule has 114 valence electrons. The molecule has 0 spiro atoms. The van der Waals surface area contributed by atoms with Gasteiger partial charge in [0.15, 0.2) is 5.13 Å². The van der Waals surface area contributed by atoms with Crippen LogP contribution in [0, 0.1) is 17.8 Å². The molecule has 0 atom stereocenters. The molecule has 0 radical (unpaired) electrons. The summed E-state index contributed by atoms with van der Waals surface area (Å²) in [4.78, 5) is 16.4. The SMILES string of the molecule is O=C(CCCl)Nc1nc(C23CC4CC(CC(C4)C2)C3)cs1. The van der Waals surface area contributed by atoms with Gasteiger partial charge in [0.05, 0.1) is 5.69 Å². The average molecular weight is 325 g/mol. The third-order valence-corrected chi connectivity index (χ3v) is 6.60. The van der Waals surface area contributed by atoms with Gasteiger partial charge in [0.2, 0.25) is 5.91 Å². The number of nitrogens with zero attached hydrogens (tertiary/aromatic N) is 1. The zero-order valence-corrected chi connectivity index (χ0v) is 13.7. The van der Waals surface area contributed by atoms with Crippen LogP contribution in [0.1, 0.15) is 50.6 Å². The quantitative estimate of drug-likeness (QED) is 0.844. The Balaban J connectivity index is 1.54. The highest BCUT2D eigenvalue weighted by molar-refractivity contribution is 7.13. The van der Waals surface area contributed by atoms with Crippen molar-refractivity contribution in [3.05, 3.63) is 11.1 Å². The minimum Gasteiger partial charge on any atom is -0.302 e. The maximum absolute atomic E-state index is 11.6. The number of carbonyl (C=O) groups is 1. The van der Waals surface area contributed by atoms with E-state index in [0.717, 1.165) is 22.9 Å². The number of hydrogen-bond acceptors (Lipinski definition) is 3. The number of amides is 1. The van der Waals surface area contributed by atoms with Crippen molar-refractivity contribution >= 4 is 34.0 Å². The van der Waals surface area contributed by atoms with Crippen LogP contribution >= 0.6 is 22.9 Å². The first-order chi connectivity index (χ1) is 10.2. The number of halogens is 1. The molecule has 0 aromatic carbocycles. The summed E-state index contributed by atoms with van der Waals surface area (Å²) in [6.07, 6.45) is 8.65. The Bertz CT molecular complexity index is 521. The first-order valence-electron chi connectivity index (χ1n) is 7.99. The van der Waals surface area contributed by atoms with E-state index in [1.165, 1.54) is 44.2 Å². The fraction of sp³-hybridized carbons (Fsp3) is 0.750. The van der Waals surface area contributed by atoms with Crippen molar-refractivity contribution in [2.75, 3.05) is 11.2 Å². The summed E-state index contributed by atoms with van der Waals surface area (Å²) >= 11 is 7.17. The van der Waals surface area contributed by atoms with E-state index >= 15 is 0 Å². The second kappa shape index (κ2) is 5.24. The number of thiazole rings is 1. The summed E-state index contributed by atoms with van der Waals surface area (Å²) in [5.74, 6) is 3.10. The molecule has 21 heavy (non-hydrogen) atoms. The lowest BCUT2D eigenvalue weighted by Gasteiger charge is -2.56. The Morgan fingerprint density at radius 3 is 2.48 bits per heavy atom. The average Bonchev–Trinajstić information content (AvgIpc) is 2.86. The molecule has 5 rings (SSSR count). The summed E-state index contributed by atoms with van der Waals surface area (Å²) in [6.45, 7) is 0. The van der Waals surface area contributed by atoms with Gasteiger partial charge in [-0.3, -0.25) is 4.79 Å². The van der Waals surface area contributed by atoms with Gasteiger partial charge in [-0.15, -0.1) is 22.9 Å². The molecule has 4 aliphatic carbocycles. The van der Waals surface area contributed by atoms with Crippen molar-refractivity contribution in [3.8, 4) is 0 Å². The van der Waals surface area contributed by atoms with E-state index < -0.39 is 0 Å². The van der Waals surface area contributed by atoms with Crippen LogP contribution in [0.4, 0.5) is 5.13 Å². The molecule has 4 fully saturated rings. The molecule has 0 saturated heterocycles. The van der Waals surface area contributed by atoms with Gasteiger partial charge >= 0.3 is 0 Å². The van der Waals surface area contributed by atoms with Crippen LogP contribution in [0.15, 0.2) is 5.38 Å². The molecule has 4 bridgehead atoms. The third kappa shape index (κ3) is 2.50. The van der Waals surface area contributed by atoms with Crippen molar-refractivity contribution in [1.82, 2.24) is 4.98 Å². The first kappa shape index (κ1) is 14.0. The number of aromatic nitrogens is 1. The molecule has 5 heteroatoms. The summed E-state index contributed by atoms with van der Waals surface area (Å²) in [6, 6.07) is 0. The van der Waals surface area contributed by atoms with Gasteiger partial charge in [0.25, 0.3) is 0 Å². The molecule has 0 unspecified atom stereocenters. The molecule has 0 aliphatic heterocycles. The highest BCUT2D eigenvalue weighted by Gasteiger charge is 2.52. The van der Waals surface area contributed by atoms with Crippen molar-refractivity contribution in [2.24, 2.45) is 17.8 Å². The number of carbonyl (C=O) groups excluding carboxylic acids is 1. The molecule has 1 aromatic rings. The fourth-order valence-electron chi connectivity index (χ4n) is 5.27. The van der Waals surface area contributed by atoms with Crippen LogP contribution in [0.25, 0.3) is 0 Å². The van der Waals surface area contributed by atoms with Crippen molar-refractivity contribution in [3.63, 3.8) is 0 Å². The predicted octanol–water partition coefficient (Wildman–Crippen LogP) is 4.18. The molecule has 1 heterocycles. The van der Waals surface area contributed by atoms with Crippen molar-refractivity contribution in [1.29, 1.82) is 0 Å². The highest BCUT2D eigenvalue weighted by atomic mass is 35.5. The van der Waals surface area contributed by atoms with Gasteiger partial charge in [0, 0.05) is 23.1 Å². The van der Waals surface area contributed by atoms with Crippen molar-refractivity contribution in [2.45, 2.75) is 50.4 Å². The van der Waals surface area contributed by atoms with Gasteiger partial charge < -0.3 is 5.32 Å². The zero-order chi connectivity index (χ0) is 14.4. The van der Waals surface area contributed by atoms with E-state index in [1.807, 2.05) is 0 Å². The Morgan fingerprint density at radius 2 is 1.90 bits per heavy atom. The summed E-state index contributed by atoms with van der Waals surface area (Å²) in [7, 11) is 0. The topological polar surface area (TPSA) is 42.0 Å². The fourth-order valence-corrected chi connectivity index (χ4v) is 6.29. The van der Waals surface area contributed by atoms with Crippen LogP contribution < -0.4 is 5.32 Å². The lowest BCUT2D eigenvalue weighted by atomic mass is 9.49. The second-order valence-corrected chi connectivity index (χ2v) is 8.46. The maximum Gasteiger partial charge on any atom is 0.227 e. The Kier molecular flexibility index (Phi) is 3.49. The number of hydrogen-bond donors (Lipinski definition) is 1. The van der Waals surface area contributed by atoms with E-state index in [2.05, 4.69) is 10.7 Å². The van der Waals surface area contributed by atoms with E-state index in [1.54, 1.807) is 11.3 Å². The van der Waals surface area contributed by atoms with Crippen LogP contribution in [0.2, 0.25) is 0 Å². The maximum atomic E-state index is 11.6. The number of alkyl halides is 1. The summed E-state index contributed by atoms with van der Waals surface area (Å²) in [5.41, 5.74) is 1.56. The molecule has 4 saturated carbocycles. The van der Waals surface area contributed by atoms with E-state index in [0.29, 0.717) is 17.7 Å². The number of rotatable bonds is 4. The van der Waals surface area contributed by atoms with Crippen LogP contribution in [0.5, 0.6) is 0 Å². The standard InChI is InChI=1S/C16H21ClN2OS/c17-2-1-14(20)19-15-18-13(9-21-15)16-6-10-3-11(7-16)5-12(4-10)8-16/h9-12H,1-8H2,(H,18,19,20). The Hall–Kier alpha value is -0.610. The van der Waals surface area contributed by atoms with Gasteiger partial charge in [0.1, 0.15) is 0 Å². The lowest BCUT2D eigenvalue weighted by molar-refractivity contribution is -0.115.